The normalized spacial score (nSPS) is 11.0. The van der Waals surface area contributed by atoms with Gasteiger partial charge in [-0.15, -0.1) is 0 Å². The number of benzene rings is 2. The van der Waals surface area contributed by atoms with Crippen LogP contribution in [0.5, 0.6) is 11.5 Å². The minimum absolute atomic E-state index is 0.00557. The predicted octanol–water partition coefficient (Wildman–Crippen LogP) is 3.08. The second kappa shape index (κ2) is 6.71. The van der Waals surface area contributed by atoms with Crippen LogP contribution in [-0.2, 0) is 6.42 Å². The number of hydrogen-bond acceptors (Lipinski definition) is 5. The average molecular weight is 299 g/mol. The van der Waals surface area contributed by atoms with Gasteiger partial charge in [0.2, 0.25) is 0 Å². The molecule has 0 spiro atoms. The van der Waals surface area contributed by atoms with Crippen LogP contribution in [0.2, 0.25) is 0 Å². The van der Waals surface area contributed by atoms with Gasteiger partial charge in [-0.25, -0.2) is 0 Å². The zero-order chi connectivity index (χ0) is 16.1. The van der Waals surface area contributed by atoms with Gasteiger partial charge < -0.3 is 10.2 Å². The zero-order valence-electron chi connectivity index (χ0n) is 12.0. The van der Waals surface area contributed by atoms with E-state index in [0.717, 1.165) is 30.5 Å². The molecule has 0 fully saturated rings. The molecule has 2 rings (SSSR count). The van der Waals surface area contributed by atoms with Crippen LogP contribution in [-0.4, -0.2) is 16.2 Å². The first kappa shape index (κ1) is 15.5. The Labute approximate surface area is 127 Å². The van der Waals surface area contributed by atoms with Crippen LogP contribution >= 0.6 is 0 Å². The second-order valence-corrected chi connectivity index (χ2v) is 4.81. The Bertz CT molecular complexity index is 726. The monoisotopic (exact) mass is 299 g/mol. The third-order valence-electron chi connectivity index (χ3n) is 3.13. The quantitative estimate of drug-likeness (QED) is 0.521. The first-order chi connectivity index (χ1) is 10.5. The Morgan fingerprint density at radius 3 is 2.73 bits per heavy atom. The molecule has 114 valence electrons. The molecule has 0 amide bonds. The number of aryl methyl sites for hydroxylation is 1. The Morgan fingerprint density at radius 1 is 1.27 bits per heavy atom. The topological polar surface area (TPSA) is 98.8 Å². The molecule has 0 unspecified atom stereocenters. The van der Waals surface area contributed by atoms with Crippen molar-refractivity contribution in [2.24, 2.45) is 4.99 Å². The van der Waals surface area contributed by atoms with Crippen LogP contribution < -0.4 is 5.11 Å². The van der Waals surface area contributed by atoms with E-state index in [-0.39, 0.29) is 22.7 Å². The lowest BCUT2D eigenvalue weighted by molar-refractivity contribution is -0.385. The lowest BCUT2D eigenvalue weighted by atomic mass is 10.1. The highest BCUT2D eigenvalue weighted by Gasteiger charge is 2.06. The van der Waals surface area contributed by atoms with Crippen molar-refractivity contribution >= 4 is 17.6 Å². The fourth-order valence-corrected chi connectivity index (χ4v) is 2.01. The van der Waals surface area contributed by atoms with Crippen LogP contribution in [0.1, 0.15) is 24.5 Å². The largest absolute Gasteiger partial charge is 0.872 e. The number of phenols is 1. The van der Waals surface area contributed by atoms with Crippen molar-refractivity contribution < 1.29 is 15.1 Å². The molecule has 1 N–H and O–H groups in total. The van der Waals surface area contributed by atoms with E-state index >= 15 is 0 Å². The van der Waals surface area contributed by atoms with Gasteiger partial charge in [0, 0.05) is 18.3 Å². The molecule has 2 aromatic rings. The third kappa shape index (κ3) is 3.60. The van der Waals surface area contributed by atoms with Crippen molar-refractivity contribution in [1.29, 1.82) is 0 Å². The van der Waals surface area contributed by atoms with Gasteiger partial charge in [-0.05, 0) is 29.7 Å². The van der Waals surface area contributed by atoms with Crippen molar-refractivity contribution in [2.45, 2.75) is 19.8 Å². The first-order valence-corrected chi connectivity index (χ1v) is 6.82. The number of nitrogens with zero attached hydrogens (tertiary/aromatic N) is 2. The lowest BCUT2D eigenvalue weighted by Gasteiger charge is -2.09. The van der Waals surface area contributed by atoms with E-state index in [1.807, 2.05) is 13.0 Å². The van der Waals surface area contributed by atoms with Gasteiger partial charge in [0.25, 0.3) is 5.69 Å². The molecule has 0 saturated carbocycles. The van der Waals surface area contributed by atoms with Crippen molar-refractivity contribution in [3.8, 4) is 11.5 Å². The molecule has 0 radical (unpaired) electrons. The van der Waals surface area contributed by atoms with Crippen LogP contribution in [0.25, 0.3) is 0 Å². The molecule has 0 bridgehead atoms. The van der Waals surface area contributed by atoms with E-state index < -0.39 is 4.92 Å². The van der Waals surface area contributed by atoms with Gasteiger partial charge in [-0.1, -0.05) is 31.2 Å². The molecule has 0 aromatic heterocycles. The summed E-state index contributed by atoms with van der Waals surface area (Å²) in [6, 6.07) is 8.54. The van der Waals surface area contributed by atoms with Gasteiger partial charge >= 0.3 is 0 Å². The van der Waals surface area contributed by atoms with Crippen molar-refractivity contribution in [3.05, 3.63) is 57.6 Å². The number of rotatable bonds is 5. The van der Waals surface area contributed by atoms with E-state index in [2.05, 4.69) is 4.99 Å². The van der Waals surface area contributed by atoms with E-state index in [1.54, 1.807) is 12.1 Å². The number of aromatic hydroxyl groups is 1. The first-order valence-electron chi connectivity index (χ1n) is 6.82. The molecule has 0 aliphatic carbocycles. The average Bonchev–Trinajstić information content (AvgIpc) is 2.49. The minimum atomic E-state index is -0.573. The molecular formula is C16H15N2O4-. The summed E-state index contributed by atoms with van der Waals surface area (Å²) >= 11 is 0. The molecule has 22 heavy (non-hydrogen) atoms. The maximum atomic E-state index is 11.7. The summed E-state index contributed by atoms with van der Waals surface area (Å²) in [5.41, 5.74) is 1.28. The molecule has 0 heterocycles. The number of phenolic OH excluding ortho intramolecular Hbond substituents is 1. The summed E-state index contributed by atoms with van der Waals surface area (Å²) in [5.74, 6) is -0.368. The highest BCUT2D eigenvalue weighted by molar-refractivity contribution is 5.86. The molecule has 0 saturated heterocycles. The van der Waals surface area contributed by atoms with Gasteiger partial charge in [0.1, 0.15) is 11.4 Å². The lowest BCUT2D eigenvalue weighted by Crippen LogP contribution is -1.98. The fraction of sp³-hybridized carbons (Fsp3) is 0.188. The van der Waals surface area contributed by atoms with Crippen molar-refractivity contribution in [2.75, 3.05) is 0 Å². The van der Waals surface area contributed by atoms with E-state index in [1.165, 1.54) is 12.3 Å². The van der Waals surface area contributed by atoms with Crippen LogP contribution in [0.4, 0.5) is 11.4 Å². The molecular weight excluding hydrogens is 284 g/mol. The Hall–Kier alpha value is -2.89. The number of non-ortho nitro benzene ring substituents is 1. The van der Waals surface area contributed by atoms with Gasteiger partial charge in [-0.2, -0.15) is 0 Å². The van der Waals surface area contributed by atoms with Crippen LogP contribution in [0, 0.1) is 10.1 Å². The molecule has 6 heteroatoms. The number of aliphatic imine (C=N–C) groups is 1. The summed E-state index contributed by atoms with van der Waals surface area (Å²) in [7, 11) is 0. The van der Waals surface area contributed by atoms with E-state index in [4.69, 9.17) is 0 Å². The van der Waals surface area contributed by atoms with Crippen molar-refractivity contribution in [3.63, 3.8) is 0 Å². The predicted molar refractivity (Wildman–Crippen MR) is 81.9 cm³/mol. The molecule has 0 atom stereocenters. The summed E-state index contributed by atoms with van der Waals surface area (Å²) in [6.07, 6.45) is 3.05. The number of hydrogen-bond donors (Lipinski definition) is 1. The van der Waals surface area contributed by atoms with E-state index in [0.29, 0.717) is 5.69 Å². The summed E-state index contributed by atoms with van der Waals surface area (Å²) in [5, 5.41) is 32.2. The number of nitro groups is 1. The maximum absolute atomic E-state index is 11.7. The standard InChI is InChI=1S/C16H16N2O4/c1-2-3-11-4-6-16(20)14(8-11)17-10-12-9-13(18(21)22)5-7-15(12)19/h4-10,19-20H,2-3H2,1H3/p-1. The molecule has 0 aliphatic rings. The second-order valence-electron chi connectivity index (χ2n) is 4.81. The maximum Gasteiger partial charge on any atom is 0.270 e. The zero-order valence-corrected chi connectivity index (χ0v) is 12.0. The van der Waals surface area contributed by atoms with Gasteiger partial charge in [0.05, 0.1) is 4.92 Å². The summed E-state index contributed by atoms with van der Waals surface area (Å²) in [4.78, 5) is 14.2. The Morgan fingerprint density at radius 2 is 2.05 bits per heavy atom. The van der Waals surface area contributed by atoms with Crippen molar-refractivity contribution in [1.82, 2.24) is 0 Å². The minimum Gasteiger partial charge on any atom is -0.872 e. The highest BCUT2D eigenvalue weighted by Crippen LogP contribution is 2.28. The SMILES string of the molecule is CCCc1ccc(O)c(N=Cc2cc([N+](=O)[O-])ccc2[O-])c1. The van der Waals surface area contributed by atoms with E-state index in [9.17, 15) is 20.3 Å². The van der Waals surface area contributed by atoms with Gasteiger partial charge in [-0.3, -0.25) is 15.1 Å². The molecule has 2 aromatic carbocycles. The van der Waals surface area contributed by atoms with Gasteiger partial charge in [0.15, 0.2) is 0 Å². The van der Waals surface area contributed by atoms with Crippen LogP contribution in [0.3, 0.4) is 0 Å². The Balaban J connectivity index is 2.34. The molecule has 0 aliphatic heterocycles. The fourth-order valence-electron chi connectivity index (χ4n) is 2.01. The smallest absolute Gasteiger partial charge is 0.270 e. The third-order valence-corrected chi connectivity index (χ3v) is 3.13. The summed E-state index contributed by atoms with van der Waals surface area (Å²) < 4.78 is 0. The van der Waals surface area contributed by atoms with Crippen LogP contribution in [0.15, 0.2) is 41.4 Å². The summed E-state index contributed by atoms with van der Waals surface area (Å²) in [6.45, 7) is 2.04. The Kier molecular flexibility index (Phi) is 4.73. The number of nitro benzene ring substituents is 1. The highest BCUT2D eigenvalue weighted by atomic mass is 16.6. The molecule has 6 nitrogen and oxygen atoms in total.